The van der Waals surface area contributed by atoms with E-state index in [1.165, 1.54) is 8.61 Å². The Bertz CT molecular complexity index is 969. The molecule has 10 heteroatoms. The number of carbonyl (C=O) groups excluding carboxylic acids is 1. The Morgan fingerprint density at radius 3 is 2.26 bits per heavy atom. The van der Waals surface area contributed by atoms with E-state index >= 15 is 0 Å². The summed E-state index contributed by atoms with van der Waals surface area (Å²) in [7, 11) is -6.84. The number of carbonyl (C=O) groups is 1. The summed E-state index contributed by atoms with van der Waals surface area (Å²) in [5.74, 6) is -0.374. The van der Waals surface area contributed by atoms with E-state index in [1.807, 2.05) is 13.8 Å². The number of nitrogens with zero attached hydrogens (tertiary/aromatic N) is 2. The maximum atomic E-state index is 12.8. The number of aryl methyl sites for hydroxylation is 1. The summed E-state index contributed by atoms with van der Waals surface area (Å²) in [4.78, 5) is 13.1. The lowest BCUT2D eigenvalue weighted by atomic mass is 9.97. The summed E-state index contributed by atoms with van der Waals surface area (Å²) in [6.07, 6.45) is 2.99. The number of piperidine rings is 2. The Morgan fingerprint density at radius 2 is 1.65 bits per heavy atom. The van der Waals surface area contributed by atoms with Crippen LogP contribution in [0.2, 0.25) is 0 Å². The van der Waals surface area contributed by atoms with Crippen LogP contribution in [0, 0.1) is 12.8 Å². The summed E-state index contributed by atoms with van der Waals surface area (Å²) < 4.78 is 53.3. The van der Waals surface area contributed by atoms with Crippen LogP contribution >= 0.6 is 0 Å². The molecule has 3 rings (SSSR count). The molecule has 2 saturated heterocycles. The zero-order valence-corrected chi connectivity index (χ0v) is 19.9. The first-order valence-electron chi connectivity index (χ1n) is 11.0. The van der Waals surface area contributed by atoms with E-state index in [4.69, 9.17) is 0 Å². The molecule has 2 aliphatic heterocycles. The van der Waals surface area contributed by atoms with Gasteiger partial charge in [0.15, 0.2) is 0 Å². The molecule has 8 nitrogen and oxygen atoms in total. The van der Waals surface area contributed by atoms with E-state index in [2.05, 4.69) is 5.32 Å². The van der Waals surface area contributed by atoms with Crippen LogP contribution in [-0.4, -0.2) is 69.3 Å². The van der Waals surface area contributed by atoms with E-state index < -0.39 is 20.0 Å². The van der Waals surface area contributed by atoms with Crippen molar-refractivity contribution < 1.29 is 21.6 Å². The number of hydrogen-bond acceptors (Lipinski definition) is 5. The molecule has 0 aliphatic carbocycles. The van der Waals surface area contributed by atoms with Crippen LogP contribution in [0.5, 0.6) is 0 Å². The molecule has 1 N–H and O–H groups in total. The molecule has 1 aromatic carbocycles. The van der Waals surface area contributed by atoms with Crippen LogP contribution in [0.15, 0.2) is 29.2 Å². The van der Waals surface area contributed by atoms with Crippen molar-refractivity contribution in [2.24, 2.45) is 5.92 Å². The van der Waals surface area contributed by atoms with E-state index in [9.17, 15) is 21.6 Å². The summed E-state index contributed by atoms with van der Waals surface area (Å²) in [6.45, 7) is 5.15. The standard InChI is InChI=1S/C21H33N3O5S2/c1-3-15-30(26,27)24-12-4-5-18(16-24)21(25)22-19-10-13-23(14-11-19)31(28,29)20-8-6-17(2)7-9-20/h6-9,18-19H,3-5,10-16H2,1-2H3,(H,22,25)/t18-/m0/s1. The van der Waals surface area contributed by atoms with Crippen molar-refractivity contribution in [1.29, 1.82) is 0 Å². The second-order valence-corrected chi connectivity index (χ2v) is 12.5. The zero-order valence-electron chi connectivity index (χ0n) is 18.3. The molecule has 0 saturated carbocycles. The first kappa shape index (κ1) is 24.2. The van der Waals surface area contributed by atoms with Crippen LogP contribution in [0.3, 0.4) is 0 Å². The molecule has 1 aromatic rings. The molecule has 0 bridgehead atoms. The van der Waals surface area contributed by atoms with Crippen molar-refractivity contribution in [1.82, 2.24) is 13.9 Å². The molecule has 0 radical (unpaired) electrons. The summed E-state index contributed by atoms with van der Waals surface area (Å²) in [5, 5.41) is 3.03. The van der Waals surface area contributed by atoms with E-state index in [0.717, 1.165) is 5.56 Å². The molecule has 2 fully saturated rings. The Kier molecular flexibility index (Phi) is 7.77. The fourth-order valence-electron chi connectivity index (χ4n) is 4.21. The summed E-state index contributed by atoms with van der Waals surface area (Å²) in [5.41, 5.74) is 1.00. The van der Waals surface area contributed by atoms with Crippen molar-refractivity contribution in [2.75, 3.05) is 31.9 Å². The molecule has 2 heterocycles. The fraction of sp³-hybridized carbons (Fsp3) is 0.667. The third-order valence-corrected chi connectivity index (χ3v) is 10.0. The topological polar surface area (TPSA) is 104 Å². The number of nitrogens with one attached hydrogen (secondary N) is 1. The Balaban J connectivity index is 1.53. The predicted octanol–water partition coefficient (Wildman–Crippen LogP) is 1.72. The number of amides is 1. The van der Waals surface area contributed by atoms with Gasteiger partial charge in [-0.15, -0.1) is 0 Å². The number of sulfonamides is 2. The smallest absolute Gasteiger partial charge is 0.243 e. The third kappa shape index (κ3) is 5.85. The average Bonchev–Trinajstić information content (AvgIpc) is 2.74. The highest BCUT2D eigenvalue weighted by molar-refractivity contribution is 7.89. The number of benzene rings is 1. The zero-order chi connectivity index (χ0) is 22.6. The van der Waals surface area contributed by atoms with Gasteiger partial charge in [0.05, 0.1) is 16.6 Å². The van der Waals surface area contributed by atoms with Crippen LogP contribution in [0.25, 0.3) is 0 Å². The molecule has 0 aromatic heterocycles. The van der Waals surface area contributed by atoms with E-state index in [1.54, 1.807) is 24.3 Å². The van der Waals surface area contributed by atoms with Crippen molar-refractivity contribution in [2.45, 2.75) is 56.9 Å². The van der Waals surface area contributed by atoms with E-state index in [0.29, 0.717) is 51.7 Å². The molecule has 0 unspecified atom stereocenters. The molecule has 0 spiro atoms. The van der Waals surface area contributed by atoms with Crippen molar-refractivity contribution in [3.8, 4) is 0 Å². The summed E-state index contributed by atoms with van der Waals surface area (Å²) in [6, 6.07) is 6.72. The van der Waals surface area contributed by atoms with Gasteiger partial charge < -0.3 is 5.32 Å². The molecular weight excluding hydrogens is 438 g/mol. The van der Waals surface area contributed by atoms with Gasteiger partial charge in [0.1, 0.15) is 0 Å². The van der Waals surface area contributed by atoms with Gasteiger partial charge in [-0.1, -0.05) is 24.6 Å². The maximum absolute atomic E-state index is 12.8. The normalized spacial score (nSPS) is 22.3. The Labute approximate surface area is 186 Å². The SMILES string of the molecule is CCCS(=O)(=O)N1CCC[C@H](C(=O)NC2CCN(S(=O)(=O)c3ccc(C)cc3)CC2)C1. The van der Waals surface area contributed by atoms with Crippen molar-refractivity contribution >= 4 is 26.0 Å². The monoisotopic (exact) mass is 471 g/mol. The van der Waals surface area contributed by atoms with Gasteiger partial charge in [-0.2, -0.15) is 4.31 Å². The fourth-order valence-corrected chi connectivity index (χ4v) is 7.27. The summed E-state index contributed by atoms with van der Waals surface area (Å²) >= 11 is 0. The number of hydrogen-bond donors (Lipinski definition) is 1. The third-order valence-electron chi connectivity index (χ3n) is 6.07. The largest absolute Gasteiger partial charge is 0.353 e. The van der Waals surface area contributed by atoms with Gasteiger partial charge >= 0.3 is 0 Å². The minimum Gasteiger partial charge on any atom is -0.353 e. The Morgan fingerprint density at radius 1 is 1.00 bits per heavy atom. The van der Waals surface area contributed by atoms with Gasteiger partial charge in [-0.3, -0.25) is 4.79 Å². The minimum atomic E-state index is -3.53. The Hall–Kier alpha value is -1.49. The number of rotatable bonds is 7. The lowest BCUT2D eigenvalue weighted by molar-refractivity contribution is -0.127. The second kappa shape index (κ2) is 9.97. The van der Waals surface area contributed by atoms with Crippen LogP contribution in [0.4, 0.5) is 0 Å². The van der Waals surface area contributed by atoms with E-state index in [-0.39, 0.29) is 35.1 Å². The van der Waals surface area contributed by atoms with Gasteiger partial charge in [0.2, 0.25) is 26.0 Å². The average molecular weight is 472 g/mol. The van der Waals surface area contributed by atoms with Crippen LogP contribution in [-0.2, 0) is 24.8 Å². The van der Waals surface area contributed by atoms with Gasteiger partial charge in [-0.05, 0) is 51.2 Å². The molecule has 174 valence electrons. The van der Waals surface area contributed by atoms with Gasteiger partial charge in [0.25, 0.3) is 0 Å². The predicted molar refractivity (Wildman–Crippen MR) is 119 cm³/mol. The maximum Gasteiger partial charge on any atom is 0.243 e. The lowest BCUT2D eigenvalue weighted by Crippen LogP contribution is -2.51. The minimum absolute atomic E-state index is 0.0976. The first-order chi connectivity index (χ1) is 14.6. The highest BCUT2D eigenvalue weighted by atomic mass is 32.2. The molecule has 1 amide bonds. The van der Waals surface area contributed by atoms with Crippen molar-refractivity contribution in [3.63, 3.8) is 0 Å². The molecular formula is C21H33N3O5S2. The van der Waals surface area contributed by atoms with Crippen LogP contribution < -0.4 is 5.32 Å². The second-order valence-electron chi connectivity index (χ2n) is 8.51. The quantitative estimate of drug-likeness (QED) is 0.652. The lowest BCUT2D eigenvalue weighted by Gasteiger charge is -2.34. The first-order valence-corrected chi connectivity index (χ1v) is 14.0. The molecule has 31 heavy (non-hydrogen) atoms. The highest BCUT2D eigenvalue weighted by Gasteiger charge is 2.34. The highest BCUT2D eigenvalue weighted by Crippen LogP contribution is 2.23. The molecule has 1 atom stereocenters. The van der Waals surface area contributed by atoms with Gasteiger partial charge in [0, 0.05) is 32.2 Å². The van der Waals surface area contributed by atoms with Gasteiger partial charge in [-0.25, -0.2) is 21.1 Å². The van der Waals surface area contributed by atoms with Crippen LogP contribution in [0.1, 0.15) is 44.6 Å². The van der Waals surface area contributed by atoms with Crippen molar-refractivity contribution in [3.05, 3.63) is 29.8 Å². The molecule has 2 aliphatic rings.